The number of likely N-dealkylation sites (tertiary alicyclic amines) is 1. The van der Waals surface area contributed by atoms with Crippen molar-refractivity contribution in [2.24, 2.45) is 0 Å². The first-order valence-electron chi connectivity index (χ1n) is 6.66. The van der Waals surface area contributed by atoms with Gasteiger partial charge in [0.05, 0.1) is 6.26 Å². The van der Waals surface area contributed by atoms with Gasteiger partial charge in [-0.3, -0.25) is 4.90 Å². The maximum atomic E-state index is 5.43. The summed E-state index contributed by atoms with van der Waals surface area (Å²) in [5.41, 5.74) is 0. The highest BCUT2D eigenvalue weighted by Crippen LogP contribution is 2.21. The highest BCUT2D eigenvalue weighted by atomic mass is 16.3. The minimum absolute atomic E-state index is 0.564. The van der Waals surface area contributed by atoms with Crippen LogP contribution in [0.3, 0.4) is 0 Å². The third-order valence-electron chi connectivity index (χ3n) is 3.98. The summed E-state index contributed by atoms with van der Waals surface area (Å²) in [6.07, 6.45) is 5.28. The molecular weight excluding hydrogens is 212 g/mol. The van der Waals surface area contributed by atoms with Crippen LogP contribution in [0.25, 0.3) is 0 Å². The molecule has 3 heteroatoms. The van der Waals surface area contributed by atoms with Crippen molar-refractivity contribution in [1.82, 2.24) is 10.2 Å². The van der Waals surface area contributed by atoms with E-state index in [1.807, 2.05) is 6.07 Å². The van der Waals surface area contributed by atoms with Crippen molar-refractivity contribution in [3.63, 3.8) is 0 Å². The predicted molar refractivity (Wildman–Crippen MR) is 70.1 cm³/mol. The highest BCUT2D eigenvalue weighted by molar-refractivity contribution is 5.01. The van der Waals surface area contributed by atoms with Gasteiger partial charge in [0, 0.05) is 31.1 Å². The summed E-state index contributed by atoms with van der Waals surface area (Å²) < 4.78 is 5.43. The summed E-state index contributed by atoms with van der Waals surface area (Å²) >= 11 is 0. The Labute approximate surface area is 104 Å². The van der Waals surface area contributed by atoms with Gasteiger partial charge in [0.2, 0.25) is 0 Å². The smallest absolute Gasteiger partial charge is 0.105 e. The van der Waals surface area contributed by atoms with Crippen LogP contribution >= 0.6 is 0 Å². The quantitative estimate of drug-likeness (QED) is 0.869. The zero-order valence-electron chi connectivity index (χ0n) is 11.1. The van der Waals surface area contributed by atoms with E-state index in [9.17, 15) is 0 Å². The Balaban J connectivity index is 1.89. The third kappa shape index (κ3) is 3.11. The average Bonchev–Trinajstić information content (AvgIpc) is 2.81. The van der Waals surface area contributed by atoms with Crippen LogP contribution in [0.2, 0.25) is 0 Å². The number of nitrogens with one attached hydrogen (secondary N) is 1. The van der Waals surface area contributed by atoms with Crippen LogP contribution in [0.4, 0.5) is 0 Å². The second kappa shape index (κ2) is 5.69. The van der Waals surface area contributed by atoms with E-state index in [0.717, 1.165) is 12.2 Å². The molecule has 2 rings (SSSR count). The van der Waals surface area contributed by atoms with Crippen LogP contribution < -0.4 is 5.32 Å². The van der Waals surface area contributed by atoms with Crippen LogP contribution in [0, 0.1) is 0 Å². The molecule has 0 spiro atoms. The predicted octanol–water partition coefficient (Wildman–Crippen LogP) is 2.28. The minimum Gasteiger partial charge on any atom is -0.469 e. The second-order valence-corrected chi connectivity index (χ2v) is 5.23. The van der Waals surface area contributed by atoms with Crippen LogP contribution in [0.1, 0.15) is 32.4 Å². The molecule has 96 valence electrons. The number of piperidine rings is 1. The Bertz CT molecular complexity index is 323. The molecule has 3 unspecified atom stereocenters. The van der Waals surface area contributed by atoms with Crippen LogP contribution in [0.5, 0.6) is 0 Å². The van der Waals surface area contributed by atoms with Crippen molar-refractivity contribution in [2.45, 2.75) is 51.2 Å². The lowest BCUT2D eigenvalue weighted by Crippen LogP contribution is -2.50. The Morgan fingerprint density at radius 1 is 1.59 bits per heavy atom. The fourth-order valence-corrected chi connectivity index (χ4v) is 2.94. The Hall–Kier alpha value is -0.800. The van der Waals surface area contributed by atoms with E-state index < -0.39 is 0 Å². The number of rotatable bonds is 4. The molecule has 0 radical (unpaired) electrons. The fraction of sp³-hybridized carbons (Fsp3) is 0.714. The van der Waals surface area contributed by atoms with Crippen LogP contribution in [0.15, 0.2) is 22.8 Å². The molecule has 1 aliphatic rings. The molecule has 0 aromatic carbocycles. The van der Waals surface area contributed by atoms with Crippen molar-refractivity contribution in [3.05, 3.63) is 24.2 Å². The fourth-order valence-electron chi connectivity index (χ4n) is 2.94. The van der Waals surface area contributed by atoms with Crippen molar-refractivity contribution < 1.29 is 4.42 Å². The van der Waals surface area contributed by atoms with Gasteiger partial charge in [-0.25, -0.2) is 0 Å². The Kier molecular flexibility index (Phi) is 4.24. The van der Waals surface area contributed by atoms with E-state index >= 15 is 0 Å². The van der Waals surface area contributed by atoms with E-state index in [4.69, 9.17) is 4.42 Å². The Morgan fingerprint density at radius 2 is 2.41 bits per heavy atom. The minimum atomic E-state index is 0.564. The van der Waals surface area contributed by atoms with Crippen LogP contribution in [-0.2, 0) is 6.42 Å². The van der Waals surface area contributed by atoms with E-state index in [2.05, 4.69) is 37.2 Å². The molecule has 1 aromatic rings. The molecule has 0 aliphatic carbocycles. The molecule has 1 N–H and O–H groups in total. The molecule has 17 heavy (non-hydrogen) atoms. The first-order valence-corrected chi connectivity index (χ1v) is 6.66. The van der Waals surface area contributed by atoms with Gasteiger partial charge in [-0.2, -0.15) is 0 Å². The number of furan rings is 1. The van der Waals surface area contributed by atoms with E-state index in [-0.39, 0.29) is 0 Å². The van der Waals surface area contributed by atoms with E-state index in [1.165, 1.54) is 19.4 Å². The van der Waals surface area contributed by atoms with Gasteiger partial charge in [-0.05, 0) is 45.9 Å². The number of hydrogen-bond donors (Lipinski definition) is 1. The van der Waals surface area contributed by atoms with E-state index in [0.29, 0.717) is 18.1 Å². The summed E-state index contributed by atoms with van der Waals surface area (Å²) in [7, 11) is 2.07. The third-order valence-corrected chi connectivity index (χ3v) is 3.98. The first kappa shape index (κ1) is 12.7. The lowest BCUT2D eigenvalue weighted by molar-refractivity contribution is 0.0948. The molecule has 1 aromatic heterocycles. The molecule has 0 saturated carbocycles. The molecular formula is C14H24N2O. The monoisotopic (exact) mass is 236 g/mol. The van der Waals surface area contributed by atoms with Crippen LogP contribution in [-0.4, -0.2) is 36.6 Å². The molecule has 0 bridgehead atoms. The summed E-state index contributed by atoms with van der Waals surface area (Å²) in [5.74, 6) is 1.10. The molecule has 1 aliphatic heterocycles. The molecule has 1 saturated heterocycles. The number of nitrogens with zero attached hydrogens (tertiary/aromatic N) is 1. The summed E-state index contributed by atoms with van der Waals surface area (Å²) in [5, 5.41) is 3.39. The van der Waals surface area contributed by atoms with Gasteiger partial charge in [0.15, 0.2) is 0 Å². The second-order valence-electron chi connectivity index (χ2n) is 5.23. The van der Waals surface area contributed by atoms with Crippen molar-refractivity contribution in [1.29, 1.82) is 0 Å². The van der Waals surface area contributed by atoms with E-state index in [1.54, 1.807) is 6.26 Å². The lowest BCUT2D eigenvalue weighted by atomic mass is 9.96. The first-order chi connectivity index (χ1) is 8.20. The molecule has 1 fully saturated rings. The van der Waals surface area contributed by atoms with Gasteiger partial charge in [0.25, 0.3) is 0 Å². The van der Waals surface area contributed by atoms with Crippen molar-refractivity contribution in [2.75, 3.05) is 13.6 Å². The molecule has 0 amide bonds. The van der Waals surface area contributed by atoms with Gasteiger partial charge in [0.1, 0.15) is 5.76 Å². The zero-order chi connectivity index (χ0) is 12.3. The molecule has 3 atom stereocenters. The summed E-state index contributed by atoms with van der Waals surface area (Å²) in [6, 6.07) is 5.96. The largest absolute Gasteiger partial charge is 0.469 e. The normalized spacial score (nSPS) is 28.2. The Morgan fingerprint density at radius 3 is 3.00 bits per heavy atom. The topological polar surface area (TPSA) is 28.4 Å². The zero-order valence-corrected chi connectivity index (χ0v) is 11.1. The summed E-state index contributed by atoms with van der Waals surface area (Å²) in [4.78, 5) is 2.61. The van der Waals surface area contributed by atoms with Gasteiger partial charge in [-0.1, -0.05) is 0 Å². The summed E-state index contributed by atoms with van der Waals surface area (Å²) in [6.45, 7) is 5.83. The lowest BCUT2D eigenvalue weighted by Gasteiger charge is -2.41. The van der Waals surface area contributed by atoms with Gasteiger partial charge >= 0.3 is 0 Å². The van der Waals surface area contributed by atoms with Crippen molar-refractivity contribution in [3.8, 4) is 0 Å². The maximum Gasteiger partial charge on any atom is 0.105 e. The highest BCUT2D eigenvalue weighted by Gasteiger charge is 2.27. The SMILES string of the molecule is CNC1CCN(C(C)Cc2ccco2)C(C)C1. The average molecular weight is 236 g/mol. The van der Waals surface area contributed by atoms with Gasteiger partial charge in [-0.15, -0.1) is 0 Å². The van der Waals surface area contributed by atoms with Gasteiger partial charge < -0.3 is 9.73 Å². The number of hydrogen-bond acceptors (Lipinski definition) is 3. The maximum absolute atomic E-state index is 5.43. The molecule has 3 nitrogen and oxygen atoms in total. The standard InChI is InChI=1S/C14H24N2O/c1-11-9-13(15-3)6-7-16(11)12(2)10-14-5-4-8-17-14/h4-5,8,11-13,15H,6-7,9-10H2,1-3H3. The van der Waals surface area contributed by atoms with Crippen molar-refractivity contribution >= 4 is 0 Å². The molecule has 2 heterocycles.